The molecule has 0 aromatic carbocycles. The summed E-state index contributed by atoms with van der Waals surface area (Å²) in [5, 5.41) is 9.68. The largest absolute Gasteiger partial charge is 0.383 e. The van der Waals surface area contributed by atoms with Gasteiger partial charge in [0.1, 0.15) is 0 Å². The summed E-state index contributed by atoms with van der Waals surface area (Å²) in [6.45, 7) is 6.10. The quantitative estimate of drug-likeness (QED) is 0.677. The van der Waals surface area contributed by atoms with Gasteiger partial charge in [0, 0.05) is 32.3 Å². The molecule has 1 heterocycles. The molecule has 0 saturated carbocycles. The summed E-state index contributed by atoms with van der Waals surface area (Å²) < 4.78 is 31.3. The third-order valence-electron chi connectivity index (χ3n) is 2.74. The molecule has 8 heteroatoms. The number of aromatic nitrogens is 2. The summed E-state index contributed by atoms with van der Waals surface area (Å²) in [5.41, 5.74) is 0.651. The lowest BCUT2D eigenvalue weighted by atomic mass is 10.3. The molecule has 0 spiro atoms. The van der Waals surface area contributed by atoms with Crippen molar-refractivity contribution < 1.29 is 13.2 Å². The van der Waals surface area contributed by atoms with E-state index in [0.29, 0.717) is 31.8 Å². The van der Waals surface area contributed by atoms with E-state index in [-0.39, 0.29) is 5.03 Å². The molecule has 1 aromatic heterocycles. The first-order valence-electron chi connectivity index (χ1n) is 6.29. The van der Waals surface area contributed by atoms with E-state index in [1.807, 2.05) is 6.92 Å². The molecule has 2 N–H and O–H groups in total. The lowest BCUT2D eigenvalue weighted by molar-refractivity contribution is 0.180. The first-order valence-corrected chi connectivity index (χ1v) is 7.73. The summed E-state index contributed by atoms with van der Waals surface area (Å²) >= 11 is 0. The van der Waals surface area contributed by atoms with Crippen LogP contribution in [0.15, 0.2) is 11.2 Å². The number of H-pyrrole nitrogens is 1. The fraction of sp³-hybridized carbons (Fsp3) is 0.727. The van der Waals surface area contributed by atoms with Crippen molar-refractivity contribution in [3.63, 3.8) is 0 Å². The lowest BCUT2D eigenvalue weighted by Gasteiger charge is -2.19. The molecule has 1 aromatic rings. The maximum Gasteiger partial charge on any atom is 0.260 e. The van der Waals surface area contributed by atoms with Gasteiger partial charge in [-0.25, -0.2) is 8.42 Å². The highest BCUT2D eigenvalue weighted by Gasteiger charge is 2.27. The number of methoxy groups -OCH3 is 1. The molecule has 0 atom stereocenters. The number of sulfonamides is 1. The number of nitrogens with zero attached hydrogens (tertiary/aromatic N) is 2. The minimum Gasteiger partial charge on any atom is -0.383 e. The molecular weight excluding hydrogens is 268 g/mol. The molecule has 110 valence electrons. The number of nitrogens with one attached hydrogen (secondary N) is 2. The molecule has 0 bridgehead atoms. The summed E-state index contributed by atoms with van der Waals surface area (Å²) in [6.07, 6.45) is 1.54. The van der Waals surface area contributed by atoms with Crippen LogP contribution in [-0.4, -0.2) is 56.3 Å². The van der Waals surface area contributed by atoms with Crippen LogP contribution in [0.2, 0.25) is 0 Å². The number of rotatable bonds is 9. The third-order valence-corrected chi connectivity index (χ3v) is 4.73. The van der Waals surface area contributed by atoms with E-state index in [0.717, 1.165) is 6.54 Å². The van der Waals surface area contributed by atoms with Gasteiger partial charge in [0.2, 0.25) is 0 Å². The van der Waals surface area contributed by atoms with Crippen molar-refractivity contribution in [1.82, 2.24) is 19.8 Å². The van der Waals surface area contributed by atoms with Crippen molar-refractivity contribution in [3.05, 3.63) is 11.8 Å². The van der Waals surface area contributed by atoms with Crippen LogP contribution < -0.4 is 5.32 Å². The highest BCUT2D eigenvalue weighted by molar-refractivity contribution is 7.89. The van der Waals surface area contributed by atoms with Gasteiger partial charge < -0.3 is 10.1 Å². The van der Waals surface area contributed by atoms with Crippen LogP contribution in [-0.2, 0) is 21.3 Å². The number of aromatic amines is 1. The molecule has 1 rings (SSSR count). The molecule has 0 amide bonds. The first-order chi connectivity index (χ1) is 9.07. The van der Waals surface area contributed by atoms with Crippen molar-refractivity contribution in [2.45, 2.75) is 25.4 Å². The Labute approximate surface area is 114 Å². The highest BCUT2D eigenvalue weighted by atomic mass is 32.2. The summed E-state index contributed by atoms with van der Waals surface area (Å²) in [6, 6.07) is 0. The van der Waals surface area contributed by atoms with Crippen LogP contribution in [0, 0.1) is 0 Å². The SMILES string of the molecule is CCNCc1cn[nH]c1S(=O)(=O)N(CC)CCOC. The molecule has 0 unspecified atom stereocenters. The van der Waals surface area contributed by atoms with Gasteiger partial charge in [0.05, 0.1) is 12.8 Å². The van der Waals surface area contributed by atoms with E-state index in [2.05, 4.69) is 15.5 Å². The summed E-state index contributed by atoms with van der Waals surface area (Å²) in [5.74, 6) is 0. The highest BCUT2D eigenvalue weighted by Crippen LogP contribution is 2.17. The number of hydrogen-bond acceptors (Lipinski definition) is 5. The molecule has 0 aliphatic rings. The standard InChI is InChI=1S/C11H22N4O3S/c1-4-12-8-10-9-13-14-11(10)19(16,17)15(5-2)6-7-18-3/h9,12H,4-8H2,1-3H3,(H,13,14). The van der Waals surface area contributed by atoms with Crippen LogP contribution in [0.25, 0.3) is 0 Å². The Morgan fingerprint density at radius 2 is 2.21 bits per heavy atom. The Balaban J connectivity index is 2.94. The molecule has 0 fully saturated rings. The fourth-order valence-corrected chi connectivity index (χ4v) is 3.22. The van der Waals surface area contributed by atoms with Gasteiger partial charge >= 0.3 is 0 Å². The lowest BCUT2D eigenvalue weighted by Crippen LogP contribution is -2.34. The van der Waals surface area contributed by atoms with Gasteiger partial charge in [-0.1, -0.05) is 13.8 Å². The van der Waals surface area contributed by atoms with Crippen LogP contribution in [0.1, 0.15) is 19.4 Å². The molecule has 0 aliphatic heterocycles. The van der Waals surface area contributed by atoms with E-state index in [4.69, 9.17) is 4.74 Å². The predicted octanol–water partition coefficient (Wildman–Crippen LogP) is 0.176. The minimum atomic E-state index is -3.55. The zero-order valence-corrected chi connectivity index (χ0v) is 12.5. The number of hydrogen-bond donors (Lipinski definition) is 2. The number of ether oxygens (including phenoxy) is 1. The average Bonchev–Trinajstić information content (AvgIpc) is 2.86. The number of likely N-dealkylation sites (N-methyl/N-ethyl adjacent to an activating group) is 1. The van der Waals surface area contributed by atoms with E-state index < -0.39 is 10.0 Å². The van der Waals surface area contributed by atoms with E-state index >= 15 is 0 Å². The zero-order valence-electron chi connectivity index (χ0n) is 11.6. The van der Waals surface area contributed by atoms with E-state index in [9.17, 15) is 8.42 Å². The molecule has 0 saturated heterocycles. The maximum atomic E-state index is 12.5. The first kappa shape index (κ1) is 16.1. The van der Waals surface area contributed by atoms with Crippen molar-refractivity contribution in [3.8, 4) is 0 Å². The Bertz CT molecular complexity index is 472. The maximum absolute atomic E-state index is 12.5. The van der Waals surface area contributed by atoms with Gasteiger partial charge in [0.25, 0.3) is 10.0 Å². The second-order valence-electron chi connectivity index (χ2n) is 3.99. The Morgan fingerprint density at radius 3 is 2.79 bits per heavy atom. The predicted molar refractivity (Wildman–Crippen MR) is 72.3 cm³/mol. The Kier molecular flexibility index (Phi) is 6.43. The van der Waals surface area contributed by atoms with Crippen LogP contribution in [0.3, 0.4) is 0 Å². The summed E-state index contributed by atoms with van der Waals surface area (Å²) in [4.78, 5) is 0. The van der Waals surface area contributed by atoms with Gasteiger partial charge in [-0.2, -0.15) is 9.40 Å². The van der Waals surface area contributed by atoms with Gasteiger partial charge in [0.15, 0.2) is 5.03 Å². The van der Waals surface area contributed by atoms with Crippen molar-refractivity contribution >= 4 is 10.0 Å². The monoisotopic (exact) mass is 290 g/mol. The third kappa shape index (κ3) is 4.00. The molecule has 19 heavy (non-hydrogen) atoms. The van der Waals surface area contributed by atoms with Crippen LogP contribution in [0.5, 0.6) is 0 Å². The van der Waals surface area contributed by atoms with Crippen molar-refractivity contribution in [1.29, 1.82) is 0 Å². The molecular formula is C11H22N4O3S. The second-order valence-corrected chi connectivity index (χ2v) is 5.87. The van der Waals surface area contributed by atoms with Gasteiger partial charge in [-0.05, 0) is 6.54 Å². The molecule has 0 aliphatic carbocycles. The molecule has 7 nitrogen and oxygen atoms in total. The zero-order chi connectivity index (χ0) is 14.3. The normalized spacial score (nSPS) is 12.2. The fourth-order valence-electron chi connectivity index (χ4n) is 1.68. The van der Waals surface area contributed by atoms with Gasteiger partial charge in [-0.3, -0.25) is 5.10 Å². The Morgan fingerprint density at radius 1 is 1.47 bits per heavy atom. The van der Waals surface area contributed by atoms with Gasteiger partial charge in [-0.15, -0.1) is 0 Å². The van der Waals surface area contributed by atoms with E-state index in [1.54, 1.807) is 20.2 Å². The summed E-state index contributed by atoms with van der Waals surface area (Å²) in [7, 11) is -2.00. The van der Waals surface area contributed by atoms with E-state index in [1.165, 1.54) is 4.31 Å². The average molecular weight is 290 g/mol. The minimum absolute atomic E-state index is 0.159. The van der Waals surface area contributed by atoms with Crippen LogP contribution in [0.4, 0.5) is 0 Å². The van der Waals surface area contributed by atoms with Crippen molar-refractivity contribution in [2.24, 2.45) is 0 Å². The smallest absolute Gasteiger partial charge is 0.260 e. The topological polar surface area (TPSA) is 87.3 Å². The van der Waals surface area contributed by atoms with Crippen LogP contribution >= 0.6 is 0 Å². The Hall–Kier alpha value is -0.960. The second kappa shape index (κ2) is 7.59. The molecule has 0 radical (unpaired) electrons. The van der Waals surface area contributed by atoms with Crippen molar-refractivity contribution in [2.75, 3.05) is 33.4 Å².